The summed E-state index contributed by atoms with van der Waals surface area (Å²) in [5, 5.41) is 13.8. The van der Waals surface area contributed by atoms with E-state index >= 15 is 0 Å². The van der Waals surface area contributed by atoms with E-state index < -0.39 is 23.0 Å². The minimum Gasteiger partial charge on any atom is -0.461 e. The fraction of sp³-hybridized carbons (Fsp3) is 0.538. The second-order valence-corrected chi connectivity index (χ2v) is 17.2. The van der Waals surface area contributed by atoms with Crippen LogP contribution in [0.2, 0.25) is 0 Å². The highest BCUT2D eigenvalue weighted by atomic mass is 32.2. The third-order valence-corrected chi connectivity index (χ3v) is 14.2. The van der Waals surface area contributed by atoms with Gasteiger partial charge in [0.25, 0.3) is 0 Å². The van der Waals surface area contributed by atoms with Crippen molar-refractivity contribution in [1.82, 2.24) is 4.98 Å². The first kappa shape index (κ1) is 34.1. The standard InChI is InChI=1S/C39H49N2O4S2/c1-8-37(6)20-32(38(7)26(4)9-13-39(27(5)35(37)44)14-10-31(42)34(38)39)45-33(43)23-47-36-40-30(22-46-36)29-11-15-41(16-12-29)21-28-18-24(2)17-25(3)19-28/h8,11-12,15-19,22,26-27,32,34-35,44H,1,9-10,13-14,20-21,23H2,2-7H3/q+1/t26-,27+,32-,34+,35+,37-,38+,39+/m1/s1. The summed E-state index contributed by atoms with van der Waals surface area (Å²) >= 11 is 2.91. The summed E-state index contributed by atoms with van der Waals surface area (Å²) in [5.41, 5.74) is 4.29. The van der Waals surface area contributed by atoms with Crippen LogP contribution in [0.3, 0.4) is 0 Å². The third kappa shape index (κ3) is 6.15. The average molecular weight is 674 g/mol. The van der Waals surface area contributed by atoms with Crippen LogP contribution in [-0.2, 0) is 20.9 Å². The van der Waals surface area contributed by atoms with Crippen LogP contribution >= 0.6 is 23.1 Å². The molecule has 1 aromatic carbocycles. The van der Waals surface area contributed by atoms with Crippen LogP contribution in [0.15, 0.2) is 65.1 Å². The van der Waals surface area contributed by atoms with Gasteiger partial charge >= 0.3 is 5.97 Å². The Kier molecular flexibility index (Phi) is 9.35. The lowest BCUT2D eigenvalue weighted by molar-refractivity contribution is -0.688. The number of carbonyl (C=O) groups is 2. The zero-order valence-electron chi connectivity index (χ0n) is 28.6. The molecule has 1 N–H and O–H groups in total. The van der Waals surface area contributed by atoms with E-state index in [9.17, 15) is 14.7 Å². The molecule has 250 valence electrons. The largest absolute Gasteiger partial charge is 0.461 e. The van der Waals surface area contributed by atoms with Gasteiger partial charge in [-0.15, -0.1) is 17.9 Å². The van der Waals surface area contributed by atoms with E-state index in [0.717, 1.165) is 41.4 Å². The van der Waals surface area contributed by atoms with Gasteiger partial charge in [0, 0.05) is 51.8 Å². The Morgan fingerprint density at radius 3 is 2.55 bits per heavy atom. The molecule has 0 aliphatic heterocycles. The number of esters is 1. The molecule has 2 heterocycles. The normalized spacial score (nSPS) is 33.5. The summed E-state index contributed by atoms with van der Waals surface area (Å²) in [6.07, 6.45) is 8.47. The zero-order valence-corrected chi connectivity index (χ0v) is 30.3. The van der Waals surface area contributed by atoms with Gasteiger partial charge in [-0.1, -0.05) is 62.7 Å². The first-order valence-corrected chi connectivity index (χ1v) is 18.8. The highest BCUT2D eigenvalue weighted by Crippen LogP contribution is 2.68. The lowest BCUT2D eigenvalue weighted by Gasteiger charge is -2.61. The minimum atomic E-state index is -0.671. The Labute approximate surface area is 288 Å². The molecule has 3 aliphatic rings. The average Bonchev–Trinajstić information content (AvgIpc) is 3.66. The predicted octanol–water partition coefficient (Wildman–Crippen LogP) is 7.76. The number of thiazole rings is 1. The molecule has 6 rings (SSSR count). The van der Waals surface area contributed by atoms with Crippen LogP contribution < -0.4 is 4.57 Å². The number of pyridine rings is 1. The number of ketones is 1. The number of nitrogens with zero attached hydrogens (tertiary/aromatic N) is 2. The van der Waals surface area contributed by atoms with Crippen molar-refractivity contribution < 1.29 is 24.0 Å². The summed E-state index contributed by atoms with van der Waals surface area (Å²) in [5.74, 6) is 0.0156. The first-order valence-electron chi connectivity index (χ1n) is 17.0. The van der Waals surface area contributed by atoms with Gasteiger partial charge in [-0.3, -0.25) is 9.59 Å². The number of thioether (sulfide) groups is 1. The quantitative estimate of drug-likeness (QED) is 0.114. The molecule has 8 atom stereocenters. The van der Waals surface area contributed by atoms with Gasteiger partial charge in [-0.2, -0.15) is 0 Å². The second-order valence-electron chi connectivity index (χ2n) is 15.1. The molecule has 47 heavy (non-hydrogen) atoms. The molecule has 2 bridgehead atoms. The number of Topliss-reactive ketones (excluding diaryl/α,β-unsaturated/α-hetero) is 1. The van der Waals surface area contributed by atoms with Crippen LogP contribution in [0.25, 0.3) is 11.3 Å². The Hall–Kier alpha value is -2.81. The maximum Gasteiger partial charge on any atom is 0.316 e. The summed E-state index contributed by atoms with van der Waals surface area (Å²) < 4.78 is 9.39. The van der Waals surface area contributed by atoms with Crippen LogP contribution in [-0.4, -0.2) is 39.8 Å². The van der Waals surface area contributed by atoms with Gasteiger partial charge in [0.2, 0.25) is 0 Å². The Bertz CT molecular complexity index is 1650. The van der Waals surface area contributed by atoms with Gasteiger partial charge in [0.05, 0.1) is 17.6 Å². The van der Waals surface area contributed by atoms with Crippen molar-refractivity contribution in [3.63, 3.8) is 0 Å². The maximum absolute atomic E-state index is 13.6. The van der Waals surface area contributed by atoms with Crippen LogP contribution in [0.1, 0.15) is 76.5 Å². The van der Waals surface area contributed by atoms with E-state index in [1.54, 1.807) is 0 Å². The second kappa shape index (κ2) is 12.9. The molecule has 3 aliphatic carbocycles. The SMILES string of the molecule is C=C[C@]1(C)C[C@@H](OC(=O)CSc2nc(-c3cc[n+](Cc4cc(C)cc(C)c4)cc3)cs2)[C@]2(C)[C@H](C)CC[C@]3(CCC(=O)[C@H]32)[C@@H](C)[C@@H]1O. The number of aryl methyl sites for hydroxylation is 2. The topological polar surface area (TPSA) is 80.4 Å². The molecule has 0 radical (unpaired) electrons. The Balaban J connectivity index is 1.15. The number of ether oxygens (including phenoxy) is 1. The highest BCUT2D eigenvalue weighted by Gasteiger charge is 2.68. The van der Waals surface area contributed by atoms with E-state index in [1.807, 2.05) is 18.4 Å². The molecule has 3 aromatic rings. The van der Waals surface area contributed by atoms with Crippen molar-refractivity contribution >= 4 is 34.9 Å². The Morgan fingerprint density at radius 2 is 1.87 bits per heavy atom. The monoisotopic (exact) mass is 673 g/mol. The van der Waals surface area contributed by atoms with Crippen molar-refractivity contribution in [3.8, 4) is 11.3 Å². The summed E-state index contributed by atoms with van der Waals surface area (Å²) in [7, 11) is 0. The molecule has 0 spiro atoms. The molecule has 0 unspecified atom stereocenters. The number of aliphatic hydroxyl groups excluding tert-OH is 1. The van der Waals surface area contributed by atoms with E-state index in [2.05, 4.69) is 88.5 Å². The third-order valence-electron chi connectivity index (χ3n) is 12.2. The van der Waals surface area contributed by atoms with Gasteiger partial charge in [0.1, 0.15) is 11.9 Å². The van der Waals surface area contributed by atoms with E-state index in [0.29, 0.717) is 12.8 Å². The molecule has 3 fully saturated rings. The summed E-state index contributed by atoms with van der Waals surface area (Å²) in [6, 6.07) is 10.8. The smallest absolute Gasteiger partial charge is 0.316 e. The van der Waals surface area contributed by atoms with E-state index in [4.69, 9.17) is 9.72 Å². The van der Waals surface area contributed by atoms with E-state index in [1.165, 1.54) is 39.8 Å². The maximum atomic E-state index is 13.6. The van der Waals surface area contributed by atoms with Gasteiger partial charge in [-0.05, 0) is 68.9 Å². The fourth-order valence-corrected chi connectivity index (χ4v) is 11.0. The molecule has 8 heteroatoms. The van der Waals surface area contributed by atoms with Gasteiger partial charge in [0.15, 0.2) is 23.3 Å². The van der Waals surface area contributed by atoms with Gasteiger partial charge in [-0.25, -0.2) is 9.55 Å². The molecule has 0 amide bonds. The van der Waals surface area contributed by atoms with Crippen molar-refractivity contribution in [3.05, 3.63) is 77.5 Å². The number of aliphatic hydroxyl groups is 1. The molecule has 2 aromatic heterocycles. The van der Waals surface area contributed by atoms with E-state index in [-0.39, 0.29) is 40.7 Å². The summed E-state index contributed by atoms with van der Waals surface area (Å²) in [4.78, 5) is 32.0. The molecular formula is C39H49N2O4S2+. The summed E-state index contributed by atoms with van der Waals surface area (Å²) in [6.45, 7) is 17.7. The highest BCUT2D eigenvalue weighted by molar-refractivity contribution is 8.01. The number of aromatic nitrogens is 2. The van der Waals surface area contributed by atoms with Crippen LogP contribution in [0.4, 0.5) is 0 Å². The van der Waals surface area contributed by atoms with Crippen molar-refractivity contribution in [1.29, 1.82) is 0 Å². The van der Waals surface area contributed by atoms with Crippen LogP contribution in [0.5, 0.6) is 0 Å². The number of hydrogen-bond donors (Lipinski definition) is 1. The molecule has 6 nitrogen and oxygen atoms in total. The zero-order chi connectivity index (χ0) is 33.7. The molecular weight excluding hydrogens is 625 g/mol. The van der Waals surface area contributed by atoms with Crippen molar-refractivity contribution in [2.24, 2.45) is 34.0 Å². The number of carbonyl (C=O) groups excluding carboxylic acids is 2. The fourth-order valence-electron chi connectivity index (χ4n) is 9.38. The number of rotatable bonds is 8. The lowest BCUT2D eigenvalue weighted by Crippen LogP contribution is -2.63. The molecule has 3 saturated carbocycles. The predicted molar refractivity (Wildman–Crippen MR) is 188 cm³/mol. The minimum absolute atomic E-state index is 0.0488. The molecule has 0 saturated heterocycles. The van der Waals surface area contributed by atoms with Crippen LogP contribution in [0, 0.1) is 47.8 Å². The Morgan fingerprint density at radius 1 is 1.17 bits per heavy atom. The first-order chi connectivity index (χ1) is 22.3. The van der Waals surface area contributed by atoms with Crippen molar-refractivity contribution in [2.45, 2.75) is 96.7 Å². The lowest BCUT2D eigenvalue weighted by atomic mass is 9.44. The van der Waals surface area contributed by atoms with Crippen molar-refractivity contribution in [2.75, 3.05) is 5.75 Å². The van der Waals surface area contributed by atoms with Gasteiger partial charge < -0.3 is 9.84 Å². The number of benzene rings is 1. The number of hydrogen-bond acceptors (Lipinski definition) is 7.